The molecule has 0 fully saturated rings. The summed E-state index contributed by atoms with van der Waals surface area (Å²) in [6, 6.07) is 16.4. The summed E-state index contributed by atoms with van der Waals surface area (Å²) in [5.74, 6) is 1.30. The van der Waals surface area contributed by atoms with Crippen LogP contribution in [0.2, 0.25) is 0 Å². The van der Waals surface area contributed by atoms with Gasteiger partial charge in [-0.25, -0.2) is 9.97 Å². The van der Waals surface area contributed by atoms with Gasteiger partial charge in [0, 0.05) is 18.1 Å². The van der Waals surface area contributed by atoms with Crippen LogP contribution in [0.4, 0.5) is 5.82 Å². The number of nitrogen functional groups attached to an aromatic ring is 1. The molecular formula is C16H15N3. The molecule has 0 bridgehead atoms. The molecule has 0 saturated heterocycles. The van der Waals surface area contributed by atoms with Crippen LogP contribution in [0.15, 0.2) is 48.5 Å². The van der Waals surface area contributed by atoms with Gasteiger partial charge >= 0.3 is 0 Å². The van der Waals surface area contributed by atoms with Crippen LogP contribution in [0, 0.1) is 0 Å². The lowest BCUT2D eigenvalue weighted by molar-refractivity contribution is 0.949. The maximum atomic E-state index is 5.83. The van der Waals surface area contributed by atoms with Crippen molar-refractivity contribution in [1.82, 2.24) is 9.97 Å². The first kappa shape index (κ1) is 11.7. The Labute approximate surface area is 112 Å². The topological polar surface area (TPSA) is 51.8 Å². The van der Waals surface area contributed by atoms with Gasteiger partial charge in [-0.2, -0.15) is 0 Å². The minimum absolute atomic E-state index is 0.523. The fraction of sp³-hybridized carbons (Fsp3) is 0.125. The van der Waals surface area contributed by atoms with E-state index in [1.165, 1.54) is 10.8 Å². The quantitative estimate of drug-likeness (QED) is 0.757. The zero-order valence-corrected chi connectivity index (χ0v) is 10.8. The third-order valence-electron chi connectivity index (χ3n) is 3.15. The summed E-state index contributed by atoms with van der Waals surface area (Å²) in [5, 5.41) is 2.43. The van der Waals surface area contributed by atoms with Crippen molar-refractivity contribution in [3.05, 3.63) is 54.4 Å². The number of aryl methyl sites for hydroxylation is 1. The van der Waals surface area contributed by atoms with Gasteiger partial charge in [0.1, 0.15) is 11.6 Å². The van der Waals surface area contributed by atoms with Crippen LogP contribution in [0.1, 0.15) is 12.7 Å². The van der Waals surface area contributed by atoms with Gasteiger partial charge in [-0.15, -0.1) is 0 Å². The Balaban J connectivity index is 2.15. The van der Waals surface area contributed by atoms with Gasteiger partial charge in [-0.1, -0.05) is 43.3 Å². The van der Waals surface area contributed by atoms with Crippen molar-refractivity contribution in [2.24, 2.45) is 0 Å². The molecule has 0 spiro atoms. The van der Waals surface area contributed by atoms with E-state index in [1.807, 2.05) is 25.1 Å². The van der Waals surface area contributed by atoms with Gasteiger partial charge in [0.05, 0.1) is 5.69 Å². The van der Waals surface area contributed by atoms with E-state index in [1.54, 1.807) is 0 Å². The highest BCUT2D eigenvalue weighted by Crippen LogP contribution is 2.24. The minimum atomic E-state index is 0.523. The molecule has 3 rings (SSSR count). The molecule has 0 radical (unpaired) electrons. The molecule has 3 nitrogen and oxygen atoms in total. The summed E-state index contributed by atoms with van der Waals surface area (Å²) < 4.78 is 0. The van der Waals surface area contributed by atoms with Crippen molar-refractivity contribution >= 4 is 16.6 Å². The number of fused-ring (bicyclic) bond motifs is 1. The molecule has 3 aromatic rings. The predicted octanol–water partition coefficient (Wildman–Crippen LogP) is 3.44. The average Bonchev–Trinajstić information content (AvgIpc) is 2.46. The van der Waals surface area contributed by atoms with E-state index in [2.05, 4.69) is 40.3 Å². The first-order valence-electron chi connectivity index (χ1n) is 6.39. The molecule has 0 atom stereocenters. The Hall–Kier alpha value is -2.42. The maximum absolute atomic E-state index is 5.83. The van der Waals surface area contributed by atoms with Crippen LogP contribution in [-0.4, -0.2) is 9.97 Å². The molecule has 0 aliphatic carbocycles. The van der Waals surface area contributed by atoms with Crippen molar-refractivity contribution in [3.8, 4) is 11.3 Å². The van der Waals surface area contributed by atoms with E-state index in [9.17, 15) is 0 Å². The lowest BCUT2D eigenvalue weighted by Crippen LogP contribution is -2.00. The van der Waals surface area contributed by atoms with Crippen molar-refractivity contribution < 1.29 is 0 Å². The second-order valence-electron chi connectivity index (χ2n) is 4.51. The smallest absolute Gasteiger partial charge is 0.131 e. The molecule has 1 aromatic heterocycles. The number of hydrogen-bond donors (Lipinski definition) is 1. The molecule has 2 aromatic carbocycles. The highest BCUT2D eigenvalue weighted by atomic mass is 14.9. The highest BCUT2D eigenvalue weighted by molar-refractivity contribution is 5.86. The molecule has 2 N–H and O–H groups in total. The van der Waals surface area contributed by atoms with Gasteiger partial charge in [-0.3, -0.25) is 0 Å². The third-order valence-corrected chi connectivity index (χ3v) is 3.15. The Morgan fingerprint density at radius 3 is 2.53 bits per heavy atom. The summed E-state index contributed by atoms with van der Waals surface area (Å²) in [6.45, 7) is 2.03. The lowest BCUT2D eigenvalue weighted by Gasteiger charge is -2.06. The van der Waals surface area contributed by atoms with Crippen molar-refractivity contribution in [1.29, 1.82) is 0 Å². The van der Waals surface area contributed by atoms with Gasteiger partial charge in [0.2, 0.25) is 0 Å². The molecule has 0 aliphatic heterocycles. The Bertz CT molecular complexity index is 735. The Morgan fingerprint density at radius 2 is 1.74 bits per heavy atom. The number of nitrogens with zero attached hydrogens (tertiary/aromatic N) is 2. The zero-order chi connectivity index (χ0) is 13.2. The molecule has 0 amide bonds. The van der Waals surface area contributed by atoms with E-state index >= 15 is 0 Å². The number of benzene rings is 2. The summed E-state index contributed by atoms with van der Waals surface area (Å²) in [5.41, 5.74) is 7.79. The number of nitrogens with two attached hydrogens (primary N) is 1. The Kier molecular flexibility index (Phi) is 2.88. The second-order valence-corrected chi connectivity index (χ2v) is 4.51. The molecule has 0 saturated carbocycles. The van der Waals surface area contributed by atoms with Crippen LogP contribution in [-0.2, 0) is 6.42 Å². The molecule has 19 heavy (non-hydrogen) atoms. The monoisotopic (exact) mass is 249 g/mol. The lowest BCUT2D eigenvalue weighted by atomic mass is 10.0. The summed E-state index contributed by atoms with van der Waals surface area (Å²) in [7, 11) is 0. The third kappa shape index (κ3) is 2.27. The molecule has 94 valence electrons. The molecule has 3 heteroatoms. The largest absolute Gasteiger partial charge is 0.384 e. The number of hydrogen-bond acceptors (Lipinski definition) is 3. The van der Waals surface area contributed by atoms with E-state index in [0.29, 0.717) is 5.82 Å². The second kappa shape index (κ2) is 4.69. The normalized spacial score (nSPS) is 10.8. The van der Waals surface area contributed by atoms with Gasteiger partial charge < -0.3 is 5.73 Å². The molecule has 0 aliphatic rings. The predicted molar refractivity (Wildman–Crippen MR) is 78.8 cm³/mol. The van der Waals surface area contributed by atoms with Crippen molar-refractivity contribution in [2.75, 3.05) is 5.73 Å². The molecule has 0 unspecified atom stereocenters. The average molecular weight is 249 g/mol. The van der Waals surface area contributed by atoms with E-state index < -0.39 is 0 Å². The minimum Gasteiger partial charge on any atom is -0.384 e. The zero-order valence-electron chi connectivity index (χ0n) is 10.8. The standard InChI is InChI=1S/C16H15N3/c1-2-16-18-14(10-15(17)19-16)13-8-7-11-5-3-4-6-12(11)9-13/h3-10H,2H2,1H3,(H2,17,18,19). The summed E-state index contributed by atoms with van der Waals surface area (Å²) in [6.07, 6.45) is 0.783. The first-order valence-corrected chi connectivity index (χ1v) is 6.39. The van der Waals surface area contributed by atoms with E-state index in [-0.39, 0.29) is 0 Å². The number of rotatable bonds is 2. The van der Waals surface area contributed by atoms with Crippen LogP contribution in [0.25, 0.3) is 22.0 Å². The van der Waals surface area contributed by atoms with Gasteiger partial charge in [0.15, 0.2) is 0 Å². The van der Waals surface area contributed by atoms with E-state index in [4.69, 9.17) is 5.73 Å². The van der Waals surface area contributed by atoms with Crippen molar-refractivity contribution in [3.63, 3.8) is 0 Å². The fourth-order valence-corrected chi connectivity index (χ4v) is 2.17. The maximum Gasteiger partial charge on any atom is 0.131 e. The van der Waals surface area contributed by atoms with E-state index in [0.717, 1.165) is 23.5 Å². The first-order chi connectivity index (χ1) is 9.26. The van der Waals surface area contributed by atoms with Gasteiger partial charge in [0.25, 0.3) is 0 Å². The van der Waals surface area contributed by atoms with Crippen LogP contribution >= 0.6 is 0 Å². The van der Waals surface area contributed by atoms with Crippen LogP contribution in [0.5, 0.6) is 0 Å². The van der Waals surface area contributed by atoms with Gasteiger partial charge in [-0.05, 0) is 16.8 Å². The molecular weight excluding hydrogens is 234 g/mol. The SMILES string of the molecule is CCc1nc(N)cc(-c2ccc3ccccc3c2)n1. The Morgan fingerprint density at radius 1 is 0.947 bits per heavy atom. The highest BCUT2D eigenvalue weighted by Gasteiger charge is 2.05. The van der Waals surface area contributed by atoms with Crippen LogP contribution < -0.4 is 5.73 Å². The summed E-state index contributed by atoms with van der Waals surface area (Å²) >= 11 is 0. The fourth-order valence-electron chi connectivity index (χ4n) is 2.17. The number of aromatic nitrogens is 2. The number of anilines is 1. The summed E-state index contributed by atoms with van der Waals surface area (Å²) in [4.78, 5) is 8.74. The van der Waals surface area contributed by atoms with Crippen LogP contribution in [0.3, 0.4) is 0 Å². The molecule has 1 heterocycles. The van der Waals surface area contributed by atoms with Crippen molar-refractivity contribution in [2.45, 2.75) is 13.3 Å².